The van der Waals surface area contributed by atoms with Crippen molar-refractivity contribution in [2.75, 3.05) is 32.7 Å². The van der Waals surface area contributed by atoms with Crippen molar-refractivity contribution < 1.29 is 36.0 Å². The Bertz CT molecular complexity index is 1290. The molecule has 2 aromatic carbocycles. The highest BCUT2D eigenvalue weighted by Crippen LogP contribution is 2.32. The standard InChI is InChI=1S/C23H23F3N4O5S/c1-22(16-6-3-2-4-7-16)20(32)30(21(33)27-22)15-19(31)28-10-12-29(13-11-28)36(34,35)18-9-5-8-17(14-18)23(24,25)26/h2-9,14H,10-13,15H2,1H3,(H,27,33)/t22-/m1/s1. The number of hydrogen-bond acceptors (Lipinski definition) is 5. The molecule has 0 saturated carbocycles. The smallest absolute Gasteiger partial charge is 0.338 e. The van der Waals surface area contributed by atoms with Gasteiger partial charge in [-0.3, -0.25) is 14.5 Å². The first kappa shape index (κ1) is 25.6. The Morgan fingerprint density at radius 2 is 1.64 bits per heavy atom. The molecule has 13 heteroatoms. The molecule has 2 aromatic rings. The molecule has 0 aliphatic carbocycles. The van der Waals surface area contributed by atoms with Gasteiger partial charge in [0, 0.05) is 26.2 Å². The van der Waals surface area contributed by atoms with Crippen molar-refractivity contribution in [2.45, 2.75) is 23.5 Å². The number of benzene rings is 2. The normalized spacial score (nSPS) is 21.6. The summed E-state index contributed by atoms with van der Waals surface area (Å²) in [6.07, 6.45) is -4.69. The van der Waals surface area contributed by atoms with Crippen molar-refractivity contribution >= 4 is 27.9 Å². The Labute approximate surface area is 205 Å². The van der Waals surface area contributed by atoms with E-state index in [-0.39, 0.29) is 26.2 Å². The fourth-order valence-corrected chi connectivity index (χ4v) is 5.67. The topological polar surface area (TPSA) is 107 Å². The van der Waals surface area contributed by atoms with E-state index in [0.29, 0.717) is 11.6 Å². The third kappa shape index (κ3) is 4.67. The fraction of sp³-hybridized carbons (Fsp3) is 0.348. The Balaban J connectivity index is 1.40. The van der Waals surface area contributed by atoms with Crippen molar-refractivity contribution in [3.05, 3.63) is 65.7 Å². The molecule has 1 atom stereocenters. The summed E-state index contributed by atoms with van der Waals surface area (Å²) in [7, 11) is -4.21. The third-order valence-electron chi connectivity index (χ3n) is 6.31. The van der Waals surface area contributed by atoms with Gasteiger partial charge >= 0.3 is 12.2 Å². The molecule has 0 unspecified atom stereocenters. The highest BCUT2D eigenvalue weighted by molar-refractivity contribution is 7.89. The second-order valence-corrected chi connectivity index (χ2v) is 10.6. The number of imide groups is 1. The number of piperazine rings is 1. The quantitative estimate of drug-likeness (QED) is 0.603. The van der Waals surface area contributed by atoms with Gasteiger partial charge in [0.2, 0.25) is 15.9 Å². The van der Waals surface area contributed by atoms with Crippen LogP contribution in [0.2, 0.25) is 0 Å². The molecule has 0 spiro atoms. The summed E-state index contributed by atoms with van der Waals surface area (Å²) >= 11 is 0. The number of amides is 4. The molecule has 4 amide bonds. The highest BCUT2D eigenvalue weighted by Gasteiger charge is 2.49. The number of carbonyl (C=O) groups excluding carboxylic acids is 3. The predicted octanol–water partition coefficient (Wildman–Crippen LogP) is 2.01. The van der Waals surface area contributed by atoms with Crippen molar-refractivity contribution in [3.8, 4) is 0 Å². The van der Waals surface area contributed by atoms with E-state index < -0.39 is 56.6 Å². The second-order valence-electron chi connectivity index (χ2n) is 8.62. The molecular formula is C23H23F3N4O5S. The van der Waals surface area contributed by atoms with E-state index in [9.17, 15) is 36.0 Å². The molecule has 1 N–H and O–H groups in total. The lowest BCUT2D eigenvalue weighted by atomic mass is 9.92. The second kappa shape index (κ2) is 9.21. The van der Waals surface area contributed by atoms with Gasteiger partial charge in [0.15, 0.2) is 0 Å². The molecule has 2 aliphatic heterocycles. The van der Waals surface area contributed by atoms with Gasteiger partial charge in [-0.25, -0.2) is 13.2 Å². The Morgan fingerprint density at radius 1 is 1.00 bits per heavy atom. The molecule has 2 aliphatic rings. The number of hydrogen-bond donors (Lipinski definition) is 1. The predicted molar refractivity (Wildman–Crippen MR) is 121 cm³/mol. The Morgan fingerprint density at radius 3 is 2.25 bits per heavy atom. The molecule has 192 valence electrons. The molecule has 2 heterocycles. The maximum Gasteiger partial charge on any atom is 0.416 e. The van der Waals surface area contributed by atoms with Gasteiger partial charge in [0.25, 0.3) is 5.91 Å². The average molecular weight is 525 g/mol. The average Bonchev–Trinajstić information content (AvgIpc) is 3.08. The first-order valence-corrected chi connectivity index (χ1v) is 12.4. The summed E-state index contributed by atoms with van der Waals surface area (Å²) in [6, 6.07) is 11.3. The van der Waals surface area contributed by atoms with Crippen LogP contribution in [0.5, 0.6) is 0 Å². The van der Waals surface area contributed by atoms with Crippen LogP contribution >= 0.6 is 0 Å². The van der Waals surface area contributed by atoms with Crippen molar-refractivity contribution in [2.24, 2.45) is 0 Å². The molecular weight excluding hydrogens is 501 g/mol. The zero-order valence-corrected chi connectivity index (χ0v) is 20.0. The van der Waals surface area contributed by atoms with Gasteiger partial charge in [0.05, 0.1) is 10.5 Å². The Hall–Kier alpha value is -3.45. The maximum atomic E-state index is 13.0. The molecule has 2 fully saturated rings. The minimum Gasteiger partial charge on any atom is -0.338 e. The van der Waals surface area contributed by atoms with Crippen LogP contribution in [0.4, 0.5) is 18.0 Å². The van der Waals surface area contributed by atoms with E-state index >= 15 is 0 Å². The number of nitrogens with one attached hydrogen (secondary N) is 1. The first-order valence-electron chi connectivity index (χ1n) is 11.0. The summed E-state index contributed by atoms with van der Waals surface area (Å²) in [5.74, 6) is -1.13. The van der Waals surface area contributed by atoms with E-state index in [1.165, 1.54) is 4.90 Å². The lowest BCUT2D eigenvalue weighted by molar-refractivity contribution is -0.139. The largest absolute Gasteiger partial charge is 0.416 e. The molecule has 4 rings (SSSR count). The molecule has 0 aromatic heterocycles. The fourth-order valence-electron chi connectivity index (χ4n) is 4.20. The number of halogens is 3. The SMILES string of the molecule is C[C@]1(c2ccccc2)NC(=O)N(CC(=O)N2CCN(S(=O)(=O)c3cccc(C(F)(F)F)c3)CC2)C1=O. The van der Waals surface area contributed by atoms with E-state index in [4.69, 9.17) is 0 Å². The van der Waals surface area contributed by atoms with Crippen molar-refractivity contribution in [1.29, 1.82) is 0 Å². The lowest BCUT2D eigenvalue weighted by Crippen LogP contribution is -2.53. The van der Waals surface area contributed by atoms with Crippen LogP contribution in [0, 0.1) is 0 Å². The Kier molecular flexibility index (Phi) is 6.56. The first-order chi connectivity index (χ1) is 16.8. The number of carbonyl (C=O) groups is 3. The zero-order valence-electron chi connectivity index (χ0n) is 19.2. The van der Waals surface area contributed by atoms with Gasteiger partial charge in [-0.2, -0.15) is 17.5 Å². The van der Waals surface area contributed by atoms with Gasteiger partial charge in [0.1, 0.15) is 12.1 Å². The van der Waals surface area contributed by atoms with E-state index in [1.54, 1.807) is 37.3 Å². The van der Waals surface area contributed by atoms with E-state index in [0.717, 1.165) is 27.4 Å². The molecule has 2 saturated heterocycles. The molecule has 0 bridgehead atoms. The molecule has 9 nitrogen and oxygen atoms in total. The maximum absolute atomic E-state index is 13.0. The summed E-state index contributed by atoms with van der Waals surface area (Å²) < 4.78 is 65.7. The minimum absolute atomic E-state index is 0.0450. The number of alkyl halides is 3. The summed E-state index contributed by atoms with van der Waals surface area (Å²) in [5.41, 5.74) is -1.84. The highest BCUT2D eigenvalue weighted by atomic mass is 32.2. The summed E-state index contributed by atoms with van der Waals surface area (Å²) in [5, 5.41) is 2.61. The lowest BCUT2D eigenvalue weighted by Gasteiger charge is -2.34. The van der Waals surface area contributed by atoms with Gasteiger partial charge in [-0.1, -0.05) is 36.4 Å². The van der Waals surface area contributed by atoms with Gasteiger partial charge in [-0.15, -0.1) is 0 Å². The monoisotopic (exact) mass is 524 g/mol. The van der Waals surface area contributed by atoms with Crippen LogP contribution in [-0.4, -0.2) is 73.1 Å². The van der Waals surface area contributed by atoms with Crippen molar-refractivity contribution in [3.63, 3.8) is 0 Å². The van der Waals surface area contributed by atoms with Crippen molar-refractivity contribution in [1.82, 2.24) is 19.4 Å². The molecule has 36 heavy (non-hydrogen) atoms. The van der Waals surface area contributed by atoms with Gasteiger partial charge < -0.3 is 10.2 Å². The minimum atomic E-state index is -4.69. The number of nitrogens with zero attached hydrogens (tertiary/aromatic N) is 3. The number of urea groups is 1. The number of rotatable bonds is 5. The van der Waals surface area contributed by atoms with Crippen LogP contribution in [0.3, 0.4) is 0 Å². The summed E-state index contributed by atoms with van der Waals surface area (Å²) in [4.78, 5) is 40.0. The number of sulfonamides is 1. The molecule has 0 radical (unpaired) electrons. The van der Waals surface area contributed by atoms with Crippen LogP contribution in [0.15, 0.2) is 59.5 Å². The van der Waals surface area contributed by atoms with E-state index in [2.05, 4.69) is 5.32 Å². The van der Waals surface area contributed by atoms with Crippen LogP contribution in [0.1, 0.15) is 18.1 Å². The van der Waals surface area contributed by atoms with Crippen LogP contribution in [0.25, 0.3) is 0 Å². The third-order valence-corrected chi connectivity index (χ3v) is 8.20. The van der Waals surface area contributed by atoms with E-state index in [1.807, 2.05) is 0 Å². The summed E-state index contributed by atoms with van der Waals surface area (Å²) in [6.45, 7) is 0.642. The van der Waals surface area contributed by atoms with Gasteiger partial charge in [-0.05, 0) is 30.7 Å². The van der Waals surface area contributed by atoms with Crippen LogP contribution in [-0.2, 0) is 31.3 Å². The van der Waals surface area contributed by atoms with Crippen LogP contribution < -0.4 is 5.32 Å². The zero-order chi connectivity index (χ0) is 26.3.